The van der Waals surface area contributed by atoms with Gasteiger partial charge in [-0.2, -0.15) is 0 Å². The van der Waals surface area contributed by atoms with Crippen molar-refractivity contribution in [3.8, 4) is 0 Å². The van der Waals surface area contributed by atoms with Gasteiger partial charge in [-0.1, -0.05) is 57.2 Å². The van der Waals surface area contributed by atoms with Crippen molar-refractivity contribution in [2.75, 3.05) is 6.61 Å². The molecule has 0 amide bonds. The van der Waals surface area contributed by atoms with E-state index in [1.165, 1.54) is 12.0 Å². The smallest absolute Gasteiger partial charge is 0.314 e. The summed E-state index contributed by atoms with van der Waals surface area (Å²) < 4.78 is 5.17. The van der Waals surface area contributed by atoms with Gasteiger partial charge in [0.15, 0.2) is 0 Å². The Kier molecular flexibility index (Phi) is 8.80. The Bertz CT molecular complexity index is 923. The van der Waals surface area contributed by atoms with Crippen molar-refractivity contribution in [1.82, 2.24) is 0 Å². The molecule has 3 aliphatic carbocycles. The van der Waals surface area contributed by atoms with Crippen LogP contribution in [0.5, 0.6) is 0 Å². The van der Waals surface area contributed by atoms with Crippen LogP contribution in [0.3, 0.4) is 0 Å². The van der Waals surface area contributed by atoms with Crippen molar-refractivity contribution < 1.29 is 24.9 Å². The van der Waals surface area contributed by atoms with Crippen LogP contribution >= 0.6 is 0 Å². The number of carbonyl (C=O) groups is 1. The fourth-order valence-electron chi connectivity index (χ4n) is 7.06. The number of carbonyl (C=O) groups excluding carboxylic acids is 1. The summed E-state index contributed by atoms with van der Waals surface area (Å²) in [4.78, 5) is 12.3. The molecular weight excluding hydrogens is 452 g/mol. The summed E-state index contributed by atoms with van der Waals surface area (Å²) in [6.07, 6.45) is 12.7. The van der Waals surface area contributed by atoms with Crippen LogP contribution in [0.15, 0.2) is 47.6 Å². The summed E-state index contributed by atoms with van der Waals surface area (Å²) in [6.45, 7) is 16.5. The Morgan fingerprint density at radius 2 is 1.92 bits per heavy atom. The van der Waals surface area contributed by atoms with Gasteiger partial charge in [-0.05, 0) is 93.1 Å². The predicted molar refractivity (Wildman–Crippen MR) is 144 cm³/mol. The molecule has 202 valence electrons. The number of esters is 1. The van der Waals surface area contributed by atoms with Crippen molar-refractivity contribution in [3.05, 3.63) is 47.6 Å². The number of fused-ring (bicyclic) bond motifs is 1. The molecule has 5 nitrogen and oxygen atoms in total. The molecule has 0 saturated heterocycles. The molecule has 0 bridgehead atoms. The first-order valence-electron chi connectivity index (χ1n) is 13.7. The van der Waals surface area contributed by atoms with E-state index in [-0.39, 0.29) is 16.8 Å². The van der Waals surface area contributed by atoms with Gasteiger partial charge in [0.2, 0.25) is 0 Å². The normalized spacial score (nSPS) is 34.9. The molecule has 0 aromatic rings. The fraction of sp³-hybridized carbons (Fsp3) is 0.710. The zero-order valence-corrected chi connectivity index (χ0v) is 23.2. The number of allylic oxidation sites excluding steroid dienone is 4. The summed E-state index contributed by atoms with van der Waals surface area (Å²) in [7, 11) is 0. The van der Waals surface area contributed by atoms with E-state index in [0.717, 1.165) is 36.8 Å². The van der Waals surface area contributed by atoms with Gasteiger partial charge in [0.05, 0.1) is 30.3 Å². The molecule has 36 heavy (non-hydrogen) atoms. The van der Waals surface area contributed by atoms with E-state index >= 15 is 0 Å². The third kappa shape index (κ3) is 5.74. The van der Waals surface area contributed by atoms with E-state index < -0.39 is 23.7 Å². The van der Waals surface area contributed by atoms with Crippen molar-refractivity contribution in [2.45, 2.75) is 105 Å². The molecule has 0 radical (unpaired) electrons. The van der Waals surface area contributed by atoms with Crippen LogP contribution in [0.4, 0.5) is 0 Å². The highest BCUT2D eigenvalue weighted by molar-refractivity contribution is 5.77. The lowest BCUT2D eigenvalue weighted by molar-refractivity contribution is -0.158. The number of hydrogen-bond acceptors (Lipinski definition) is 5. The summed E-state index contributed by atoms with van der Waals surface area (Å²) in [6, 6.07) is 0. The second-order valence-electron chi connectivity index (χ2n) is 12.7. The third-order valence-electron chi connectivity index (χ3n) is 9.38. The molecular formula is C31H48O5. The number of aliphatic hydroxyl groups excluding tert-OH is 3. The molecule has 3 rings (SSSR count). The van der Waals surface area contributed by atoms with Gasteiger partial charge in [-0.3, -0.25) is 4.79 Å². The maximum absolute atomic E-state index is 12.3. The molecule has 0 aromatic carbocycles. The van der Waals surface area contributed by atoms with E-state index in [9.17, 15) is 20.1 Å². The van der Waals surface area contributed by atoms with E-state index in [0.29, 0.717) is 31.3 Å². The summed E-state index contributed by atoms with van der Waals surface area (Å²) in [5, 5.41) is 31.1. The first-order chi connectivity index (χ1) is 16.7. The number of hydrogen-bond donors (Lipinski definition) is 3. The lowest BCUT2D eigenvalue weighted by atomic mass is 9.57. The second-order valence-corrected chi connectivity index (χ2v) is 12.7. The molecule has 0 unspecified atom stereocenters. The molecule has 0 heterocycles. The summed E-state index contributed by atoms with van der Waals surface area (Å²) in [5.74, 6) is 0.562. The van der Waals surface area contributed by atoms with Gasteiger partial charge in [0.25, 0.3) is 0 Å². The van der Waals surface area contributed by atoms with Crippen LogP contribution in [0.25, 0.3) is 0 Å². The highest BCUT2D eigenvalue weighted by atomic mass is 16.5. The van der Waals surface area contributed by atoms with E-state index in [1.807, 2.05) is 0 Å². The maximum Gasteiger partial charge on any atom is 0.314 e. The Morgan fingerprint density at radius 1 is 1.22 bits per heavy atom. The number of aliphatic hydroxyl groups is 3. The van der Waals surface area contributed by atoms with E-state index in [2.05, 4.69) is 45.6 Å². The zero-order chi connectivity index (χ0) is 26.9. The SMILES string of the molecule is C=C1C(=CC=C2CCC[C@]3(C)[C@@H](C(C)(C)C=C[C@@H](O)C(C)(C)C(=O)OCC)CC[C@@H]23)C[C@@H](O)C[C@@H]1O. The fourth-order valence-corrected chi connectivity index (χ4v) is 7.06. The first kappa shape index (κ1) is 28.9. The molecule has 3 fully saturated rings. The minimum Gasteiger partial charge on any atom is -0.465 e. The predicted octanol–water partition coefficient (Wildman–Crippen LogP) is 5.66. The van der Waals surface area contributed by atoms with Gasteiger partial charge in [-0.15, -0.1) is 0 Å². The summed E-state index contributed by atoms with van der Waals surface area (Å²) in [5.41, 5.74) is 2.17. The van der Waals surface area contributed by atoms with Gasteiger partial charge in [0, 0.05) is 6.42 Å². The van der Waals surface area contributed by atoms with Gasteiger partial charge < -0.3 is 20.1 Å². The number of ether oxygens (including phenoxy) is 1. The molecule has 3 saturated carbocycles. The van der Waals surface area contributed by atoms with Crippen molar-refractivity contribution >= 4 is 5.97 Å². The van der Waals surface area contributed by atoms with E-state index in [1.54, 1.807) is 26.8 Å². The first-order valence-corrected chi connectivity index (χ1v) is 13.7. The van der Waals surface area contributed by atoms with Crippen LogP contribution < -0.4 is 0 Å². The van der Waals surface area contributed by atoms with Crippen LogP contribution in [0, 0.1) is 28.1 Å². The lowest BCUT2D eigenvalue weighted by Gasteiger charge is -2.47. The van der Waals surface area contributed by atoms with Crippen LogP contribution in [0.1, 0.15) is 86.5 Å². The Morgan fingerprint density at radius 3 is 2.58 bits per heavy atom. The Balaban J connectivity index is 1.79. The third-order valence-corrected chi connectivity index (χ3v) is 9.38. The van der Waals surface area contributed by atoms with Crippen molar-refractivity contribution in [2.24, 2.45) is 28.1 Å². The molecule has 5 heteroatoms. The monoisotopic (exact) mass is 500 g/mol. The van der Waals surface area contributed by atoms with Crippen LogP contribution in [0.2, 0.25) is 0 Å². The molecule has 6 atom stereocenters. The number of rotatable bonds is 7. The standard InChI is InChI=1S/C31H48O5/c1-8-36-28(35)30(5,6)27(34)15-17-29(3,4)26-14-13-24-21(10-9-16-31(24,26)7)11-12-22-18-23(32)19-25(33)20(22)2/h11-12,15,17,23-27,32-34H,2,8-10,13-14,16,18-19H2,1,3-7H3/t23-,24+,25+,26-,27-,31+/m1/s1. The topological polar surface area (TPSA) is 87.0 Å². The van der Waals surface area contributed by atoms with Gasteiger partial charge in [-0.25, -0.2) is 0 Å². The second kappa shape index (κ2) is 11.0. The van der Waals surface area contributed by atoms with Gasteiger partial charge >= 0.3 is 5.97 Å². The molecule has 3 N–H and O–H groups in total. The minimum absolute atomic E-state index is 0.137. The average Bonchev–Trinajstić information content (AvgIpc) is 3.17. The van der Waals surface area contributed by atoms with E-state index in [4.69, 9.17) is 4.74 Å². The maximum atomic E-state index is 12.3. The largest absolute Gasteiger partial charge is 0.465 e. The zero-order valence-electron chi connectivity index (χ0n) is 23.2. The van der Waals surface area contributed by atoms with Crippen LogP contribution in [-0.2, 0) is 9.53 Å². The lowest BCUT2D eigenvalue weighted by Crippen LogP contribution is -2.40. The molecule has 0 spiro atoms. The Labute approximate surface area is 218 Å². The minimum atomic E-state index is -0.997. The molecule has 0 aliphatic heterocycles. The van der Waals surface area contributed by atoms with Crippen molar-refractivity contribution in [3.63, 3.8) is 0 Å². The van der Waals surface area contributed by atoms with Crippen LogP contribution in [-0.4, -0.2) is 46.2 Å². The molecule has 0 aromatic heterocycles. The highest BCUT2D eigenvalue weighted by Crippen LogP contribution is 2.62. The quantitative estimate of drug-likeness (QED) is 0.310. The molecule has 3 aliphatic rings. The highest BCUT2D eigenvalue weighted by Gasteiger charge is 2.53. The van der Waals surface area contributed by atoms with Crippen molar-refractivity contribution in [1.29, 1.82) is 0 Å². The Hall–Kier alpha value is -1.69. The average molecular weight is 501 g/mol. The summed E-state index contributed by atoms with van der Waals surface area (Å²) >= 11 is 0. The van der Waals surface area contributed by atoms with Gasteiger partial charge in [0.1, 0.15) is 0 Å².